The Balaban J connectivity index is 1.62. The van der Waals surface area contributed by atoms with Crippen molar-refractivity contribution >= 4 is 17.3 Å². The number of nitro groups is 1. The first-order valence-corrected chi connectivity index (χ1v) is 9.75. The zero-order valence-corrected chi connectivity index (χ0v) is 17.2. The maximum atomic E-state index is 12.4. The molecule has 0 aliphatic rings. The largest absolute Gasteiger partial charge is 0.486 e. The van der Waals surface area contributed by atoms with E-state index >= 15 is 0 Å². The molecule has 0 aliphatic carbocycles. The van der Waals surface area contributed by atoms with Gasteiger partial charge in [-0.05, 0) is 60.7 Å². The molecule has 7 nitrogen and oxygen atoms in total. The van der Waals surface area contributed by atoms with E-state index in [1.165, 1.54) is 23.8 Å². The minimum absolute atomic E-state index is 0.0515. The van der Waals surface area contributed by atoms with Crippen molar-refractivity contribution in [2.24, 2.45) is 0 Å². The highest BCUT2D eigenvalue weighted by Gasteiger charge is 2.19. The number of ether oxygens (including phenoxy) is 1. The molecule has 0 bridgehead atoms. The van der Waals surface area contributed by atoms with Gasteiger partial charge in [0, 0.05) is 6.07 Å². The summed E-state index contributed by atoms with van der Waals surface area (Å²) in [4.78, 5) is 23.1. The molecule has 156 valence electrons. The van der Waals surface area contributed by atoms with Crippen molar-refractivity contribution in [2.75, 3.05) is 5.32 Å². The Bertz CT molecular complexity index is 1040. The number of furan rings is 1. The van der Waals surface area contributed by atoms with E-state index in [4.69, 9.17) is 9.15 Å². The van der Waals surface area contributed by atoms with E-state index in [2.05, 4.69) is 19.2 Å². The van der Waals surface area contributed by atoms with Crippen molar-refractivity contribution < 1.29 is 18.9 Å². The van der Waals surface area contributed by atoms with Crippen LogP contribution in [0.15, 0.2) is 59.0 Å². The van der Waals surface area contributed by atoms with Crippen molar-refractivity contribution in [1.29, 1.82) is 0 Å². The number of rotatable bonds is 8. The van der Waals surface area contributed by atoms with E-state index < -0.39 is 10.8 Å². The Kier molecular flexibility index (Phi) is 6.51. The lowest BCUT2D eigenvalue weighted by Crippen LogP contribution is -2.12. The number of carbonyl (C=O) groups is 1. The molecule has 0 saturated heterocycles. The molecule has 2 aromatic carbocycles. The molecule has 1 aromatic heterocycles. The Labute approximate surface area is 174 Å². The van der Waals surface area contributed by atoms with Crippen LogP contribution in [-0.2, 0) is 6.61 Å². The van der Waals surface area contributed by atoms with Gasteiger partial charge >= 0.3 is 0 Å². The summed E-state index contributed by atoms with van der Waals surface area (Å²) >= 11 is 0. The molecule has 1 heterocycles. The lowest BCUT2D eigenvalue weighted by Gasteiger charge is -2.10. The number of hydrogen-bond acceptors (Lipinski definition) is 5. The fraction of sp³-hybridized carbons (Fsp3) is 0.261. The van der Waals surface area contributed by atoms with E-state index in [-0.39, 0.29) is 23.7 Å². The van der Waals surface area contributed by atoms with Gasteiger partial charge in [-0.25, -0.2) is 0 Å². The van der Waals surface area contributed by atoms with Crippen molar-refractivity contribution in [1.82, 2.24) is 0 Å². The maximum absolute atomic E-state index is 12.4. The number of carbonyl (C=O) groups excluding carboxylic acids is 1. The van der Waals surface area contributed by atoms with E-state index in [9.17, 15) is 14.9 Å². The summed E-state index contributed by atoms with van der Waals surface area (Å²) in [6.07, 6.45) is 1.07. The van der Waals surface area contributed by atoms with Crippen molar-refractivity contribution in [3.63, 3.8) is 0 Å². The number of amides is 1. The van der Waals surface area contributed by atoms with Crippen LogP contribution in [0.2, 0.25) is 0 Å². The zero-order valence-electron chi connectivity index (χ0n) is 17.2. The summed E-state index contributed by atoms with van der Waals surface area (Å²) in [6.45, 7) is 6.24. The molecule has 3 aromatic rings. The number of nitro benzene ring substituents is 1. The van der Waals surface area contributed by atoms with Crippen LogP contribution in [0.5, 0.6) is 5.75 Å². The van der Waals surface area contributed by atoms with Crippen LogP contribution in [0.4, 0.5) is 11.4 Å². The second-order valence-electron chi connectivity index (χ2n) is 7.16. The SMILES string of the molecule is CCC(C)c1ccc(OCc2ccc(C(=O)Nc3ccc(C)cc3[N+](=O)[O-])o2)cc1. The lowest BCUT2D eigenvalue weighted by molar-refractivity contribution is -0.384. The smallest absolute Gasteiger partial charge is 0.293 e. The van der Waals surface area contributed by atoms with Gasteiger partial charge < -0.3 is 14.5 Å². The summed E-state index contributed by atoms with van der Waals surface area (Å²) in [6, 6.07) is 15.7. The summed E-state index contributed by atoms with van der Waals surface area (Å²) in [7, 11) is 0. The van der Waals surface area contributed by atoms with Crippen molar-refractivity contribution in [3.8, 4) is 5.75 Å². The van der Waals surface area contributed by atoms with Gasteiger partial charge in [-0.2, -0.15) is 0 Å². The monoisotopic (exact) mass is 408 g/mol. The number of benzene rings is 2. The molecule has 0 spiro atoms. The Morgan fingerprint density at radius 1 is 1.17 bits per heavy atom. The third kappa shape index (κ3) is 5.05. The van der Waals surface area contributed by atoms with Gasteiger partial charge in [-0.15, -0.1) is 0 Å². The van der Waals surface area contributed by atoms with Crippen LogP contribution in [-0.4, -0.2) is 10.8 Å². The minimum atomic E-state index is -0.564. The van der Waals surface area contributed by atoms with Crippen molar-refractivity contribution in [2.45, 2.75) is 39.7 Å². The van der Waals surface area contributed by atoms with Gasteiger partial charge in [0.2, 0.25) is 0 Å². The highest BCUT2D eigenvalue weighted by Crippen LogP contribution is 2.26. The Hall–Kier alpha value is -3.61. The second-order valence-corrected chi connectivity index (χ2v) is 7.16. The van der Waals surface area contributed by atoms with Gasteiger partial charge in [0.15, 0.2) is 5.76 Å². The van der Waals surface area contributed by atoms with Crippen LogP contribution in [0, 0.1) is 17.0 Å². The first kappa shape index (κ1) is 21.1. The molecule has 1 N–H and O–H groups in total. The molecular weight excluding hydrogens is 384 g/mol. The Morgan fingerprint density at radius 3 is 2.57 bits per heavy atom. The number of hydrogen-bond donors (Lipinski definition) is 1. The van der Waals surface area contributed by atoms with Crippen LogP contribution in [0.3, 0.4) is 0 Å². The number of anilines is 1. The summed E-state index contributed by atoms with van der Waals surface area (Å²) in [5, 5.41) is 13.7. The van der Waals surface area contributed by atoms with Crippen LogP contribution in [0.1, 0.15) is 53.6 Å². The molecule has 30 heavy (non-hydrogen) atoms. The quantitative estimate of drug-likeness (QED) is 0.373. The average molecular weight is 408 g/mol. The van der Waals surface area contributed by atoms with E-state index in [0.717, 1.165) is 12.0 Å². The molecule has 0 fully saturated rings. The zero-order chi connectivity index (χ0) is 21.7. The maximum Gasteiger partial charge on any atom is 0.293 e. The third-order valence-electron chi connectivity index (χ3n) is 4.93. The Morgan fingerprint density at radius 2 is 1.90 bits per heavy atom. The second kappa shape index (κ2) is 9.26. The molecule has 0 aliphatic heterocycles. The first-order chi connectivity index (χ1) is 14.4. The molecule has 1 unspecified atom stereocenters. The van der Waals surface area contributed by atoms with Crippen LogP contribution in [0.25, 0.3) is 0 Å². The molecule has 1 atom stereocenters. The predicted molar refractivity (Wildman–Crippen MR) is 114 cm³/mol. The van der Waals surface area contributed by atoms with Crippen LogP contribution >= 0.6 is 0 Å². The summed E-state index contributed by atoms with van der Waals surface area (Å²) in [5.41, 5.74) is 1.94. The molecule has 7 heteroatoms. The van der Waals surface area contributed by atoms with E-state index in [1.807, 2.05) is 24.3 Å². The summed E-state index contributed by atoms with van der Waals surface area (Å²) in [5.74, 6) is 1.17. The minimum Gasteiger partial charge on any atom is -0.486 e. The van der Waals surface area contributed by atoms with Gasteiger partial charge in [0.25, 0.3) is 11.6 Å². The molecule has 1 amide bonds. The molecule has 3 rings (SSSR count). The number of aryl methyl sites for hydroxylation is 1. The number of nitrogens with zero attached hydrogens (tertiary/aromatic N) is 1. The first-order valence-electron chi connectivity index (χ1n) is 9.75. The third-order valence-corrected chi connectivity index (χ3v) is 4.93. The van der Waals surface area contributed by atoms with Gasteiger partial charge in [-0.3, -0.25) is 14.9 Å². The fourth-order valence-electron chi connectivity index (χ4n) is 2.94. The highest BCUT2D eigenvalue weighted by atomic mass is 16.6. The summed E-state index contributed by atoms with van der Waals surface area (Å²) < 4.78 is 11.3. The predicted octanol–water partition coefficient (Wildman–Crippen LogP) is 5.84. The molecule has 0 radical (unpaired) electrons. The van der Waals surface area contributed by atoms with Gasteiger partial charge in [-0.1, -0.05) is 32.0 Å². The number of nitrogens with one attached hydrogen (secondary N) is 1. The van der Waals surface area contributed by atoms with Crippen LogP contribution < -0.4 is 10.1 Å². The lowest BCUT2D eigenvalue weighted by atomic mass is 9.99. The normalized spacial score (nSPS) is 11.7. The fourth-order valence-corrected chi connectivity index (χ4v) is 2.94. The van der Waals surface area contributed by atoms with E-state index in [1.54, 1.807) is 19.1 Å². The highest BCUT2D eigenvalue weighted by molar-refractivity contribution is 6.03. The van der Waals surface area contributed by atoms with Gasteiger partial charge in [0.1, 0.15) is 23.8 Å². The molecule has 0 saturated carbocycles. The van der Waals surface area contributed by atoms with E-state index in [0.29, 0.717) is 17.4 Å². The molecular formula is C23H24N2O5. The van der Waals surface area contributed by atoms with Gasteiger partial charge in [0.05, 0.1) is 4.92 Å². The van der Waals surface area contributed by atoms with Crippen molar-refractivity contribution in [3.05, 3.63) is 87.4 Å². The topological polar surface area (TPSA) is 94.6 Å². The average Bonchev–Trinajstić information content (AvgIpc) is 3.22. The standard InChI is InChI=1S/C23H24N2O5/c1-4-16(3)17-6-8-18(9-7-17)29-14-19-10-12-22(30-19)23(26)24-20-11-5-15(2)13-21(20)25(27)28/h5-13,16H,4,14H2,1-3H3,(H,24,26).